The van der Waals surface area contributed by atoms with Crippen LogP contribution in [0, 0.1) is 19.8 Å². The van der Waals surface area contributed by atoms with Gasteiger partial charge in [0, 0.05) is 24.2 Å². The molecule has 1 aromatic heterocycles. The van der Waals surface area contributed by atoms with E-state index < -0.39 is 0 Å². The largest absolute Gasteiger partial charge is 0.338 e. The lowest BCUT2D eigenvalue weighted by molar-refractivity contribution is 0.0687. The van der Waals surface area contributed by atoms with E-state index in [1.54, 1.807) is 0 Å². The maximum atomic E-state index is 13.1. The number of nitrogens with zero attached hydrogens (tertiary/aromatic N) is 2. The van der Waals surface area contributed by atoms with Gasteiger partial charge in [-0.3, -0.25) is 9.78 Å². The fourth-order valence-electron chi connectivity index (χ4n) is 3.44. The second-order valence-corrected chi connectivity index (χ2v) is 7.46. The Morgan fingerprint density at radius 2 is 2.17 bits per heavy atom. The Morgan fingerprint density at radius 1 is 1.35 bits per heavy atom. The number of carbonyl (C=O) groups is 1. The van der Waals surface area contributed by atoms with Crippen molar-refractivity contribution in [2.75, 3.05) is 25.1 Å². The molecule has 122 valence electrons. The van der Waals surface area contributed by atoms with Crippen LogP contribution in [0.4, 0.5) is 0 Å². The van der Waals surface area contributed by atoms with Gasteiger partial charge >= 0.3 is 0 Å². The van der Waals surface area contributed by atoms with Crippen molar-refractivity contribution in [1.29, 1.82) is 0 Å². The SMILES string of the molecule is CSC[C@H]1CCCN(C(=O)c2cc(C)nc3ccc(C)cc23)C1. The molecule has 0 unspecified atom stereocenters. The fourth-order valence-corrected chi connectivity index (χ4v) is 4.18. The second-order valence-electron chi connectivity index (χ2n) is 6.55. The molecule has 2 heterocycles. The second kappa shape index (κ2) is 6.91. The minimum absolute atomic E-state index is 0.164. The molecular weight excluding hydrogens is 304 g/mol. The summed E-state index contributed by atoms with van der Waals surface area (Å²) < 4.78 is 0. The van der Waals surface area contributed by atoms with Gasteiger partial charge in [0.05, 0.1) is 11.1 Å². The number of benzene rings is 1. The predicted molar refractivity (Wildman–Crippen MR) is 98.2 cm³/mol. The zero-order valence-corrected chi connectivity index (χ0v) is 14.9. The van der Waals surface area contributed by atoms with Crippen LogP contribution < -0.4 is 0 Å². The summed E-state index contributed by atoms with van der Waals surface area (Å²) in [6.07, 6.45) is 4.49. The summed E-state index contributed by atoms with van der Waals surface area (Å²) in [5, 5.41) is 0.979. The Labute approximate surface area is 142 Å². The van der Waals surface area contributed by atoms with Crippen molar-refractivity contribution < 1.29 is 4.79 Å². The normalized spacial score (nSPS) is 18.4. The van der Waals surface area contributed by atoms with Crippen molar-refractivity contribution in [3.63, 3.8) is 0 Å². The number of amides is 1. The number of aryl methyl sites for hydroxylation is 2. The van der Waals surface area contributed by atoms with Crippen molar-refractivity contribution in [1.82, 2.24) is 9.88 Å². The van der Waals surface area contributed by atoms with Crippen LogP contribution in [-0.2, 0) is 0 Å². The molecule has 3 rings (SSSR count). The number of fused-ring (bicyclic) bond motifs is 1. The van der Waals surface area contributed by atoms with E-state index in [1.165, 1.54) is 6.42 Å². The standard InChI is InChI=1S/C19H24N2OS/c1-13-6-7-18-16(9-13)17(10-14(2)20-18)19(22)21-8-4-5-15(11-21)12-23-3/h6-7,9-10,15H,4-5,8,11-12H2,1-3H3/t15-/m0/s1. The Hall–Kier alpha value is -1.55. The number of rotatable bonds is 3. The number of likely N-dealkylation sites (tertiary alicyclic amines) is 1. The molecule has 1 amide bonds. The van der Waals surface area contributed by atoms with E-state index in [0.717, 1.165) is 53.0 Å². The lowest BCUT2D eigenvalue weighted by Gasteiger charge is -2.33. The van der Waals surface area contributed by atoms with Crippen molar-refractivity contribution in [3.8, 4) is 0 Å². The Bertz CT molecular complexity index is 727. The van der Waals surface area contributed by atoms with E-state index in [4.69, 9.17) is 0 Å². The number of pyridine rings is 1. The van der Waals surface area contributed by atoms with E-state index in [0.29, 0.717) is 5.92 Å². The zero-order chi connectivity index (χ0) is 16.4. The third-order valence-corrected chi connectivity index (χ3v) is 5.34. The molecule has 1 aliphatic heterocycles. The van der Waals surface area contributed by atoms with E-state index >= 15 is 0 Å². The molecule has 1 aliphatic rings. The van der Waals surface area contributed by atoms with E-state index in [1.807, 2.05) is 35.7 Å². The minimum atomic E-state index is 0.164. The molecule has 0 spiro atoms. The van der Waals surface area contributed by atoms with Crippen LogP contribution in [0.15, 0.2) is 24.3 Å². The molecule has 0 radical (unpaired) electrons. The predicted octanol–water partition coefficient (Wildman–Crippen LogP) is 4.07. The van der Waals surface area contributed by atoms with E-state index in [2.05, 4.69) is 30.3 Å². The minimum Gasteiger partial charge on any atom is -0.338 e. The number of carbonyl (C=O) groups excluding carboxylic acids is 1. The van der Waals surface area contributed by atoms with Crippen LogP contribution in [0.3, 0.4) is 0 Å². The highest BCUT2D eigenvalue weighted by Crippen LogP contribution is 2.25. The zero-order valence-electron chi connectivity index (χ0n) is 14.1. The fraction of sp³-hybridized carbons (Fsp3) is 0.474. The molecule has 1 fully saturated rings. The van der Waals surface area contributed by atoms with Crippen LogP contribution >= 0.6 is 11.8 Å². The molecule has 3 nitrogen and oxygen atoms in total. The average molecular weight is 328 g/mol. The van der Waals surface area contributed by atoms with Gasteiger partial charge in [-0.25, -0.2) is 0 Å². The van der Waals surface area contributed by atoms with Crippen molar-refractivity contribution in [2.24, 2.45) is 5.92 Å². The van der Waals surface area contributed by atoms with Crippen molar-refractivity contribution in [3.05, 3.63) is 41.1 Å². The van der Waals surface area contributed by atoms with Gasteiger partial charge < -0.3 is 4.90 Å². The number of aromatic nitrogens is 1. The Morgan fingerprint density at radius 3 is 2.96 bits per heavy atom. The molecule has 1 aromatic carbocycles. The Kier molecular flexibility index (Phi) is 4.90. The van der Waals surface area contributed by atoms with Gasteiger partial charge in [-0.2, -0.15) is 11.8 Å². The molecule has 2 aromatic rings. The molecule has 23 heavy (non-hydrogen) atoms. The van der Waals surface area contributed by atoms with Crippen LogP contribution in [0.25, 0.3) is 10.9 Å². The molecule has 1 atom stereocenters. The molecule has 0 aliphatic carbocycles. The topological polar surface area (TPSA) is 33.2 Å². The van der Waals surface area contributed by atoms with Gasteiger partial charge in [0.25, 0.3) is 5.91 Å². The van der Waals surface area contributed by atoms with Crippen LogP contribution in [0.2, 0.25) is 0 Å². The summed E-state index contributed by atoms with van der Waals surface area (Å²) in [6, 6.07) is 8.10. The summed E-state index contributed by atoms with van der Waals surface area (Å²) in [5.74, 6) is 1.93. The maximum absolute atomic E-state index is 13.1. The van der Waals surface area contributed by atoms with Gasteiger partial charge in [-0.15, -0.1) is 0 Å². The summed E-state index contributed by atoms with van der Waals surface area (Å²) in [5.41, 5.74) is 3.79. The summed E-state index contributed by atoms with van der Waals surface area (Å²) in [7, 11) is 0. The lowest BCUT2D eigenvalue weighted by Crippen LogP contribution is -2.40. The molecule has 0 bridgehead atoms. The highest BCUT2D eigenvalue weighted by molar-refractivity contribution is 7.98. The van der Waals surface area contributed by atoms with Crippen LogP contribution in [-0.4, -0.2) is 40.9 Å². The molecule has 0 saturated carbocycles. The molecule has 1 saturated heterocycles. The van der Waals surface area contributed by atoms with Gasteiger partial charge in [0.2, 0.25) is 0 Å². The van der Waals surface area contributed by atoms with Gasteiger partial charge in [-0.05, 0) is 62.8 Å². The van der Waals surface area contributed by atoms with Crippen LogP contribution in [0.5, 0.6) is 0 Å². The third-order valence-electron chi connectivity index (χ3n) is 4.53. The Balaban J connectivity index is 1.95. The highest BCUT2D eigenvalue weighted by Gasteiger charge is 2.25. The summed E-state index contributed by atoms with van der Waals surface area (Å²) >= 11 is 1.88. The number of thioether (sulfide) groups is 1. The first kappa shape index (κ1) is 16.3. The van der Waals surface area contributed by atoms with Gasteiger partial charge in [-0.1, -0.05) is 11.6 Å². The molecule has 0 N–H and O–H groups in total. The maximum Gasteiger partial charge on any atom is 0.254 e. The van der Waals surface area contributed by atoms with E-state index in [-0.39, 0.29) is 5.91 Å². The van der Waals surface area contributed by atoms with Crippen LogP contribution in [0.1, 0.15) is 34.5 Å². The average Bonchev–Trinajstić information content (AvgIpc) is 2.54. The summed E-state index contributed by atoms with van der Waals surface area (Å²) in [6.45, 7) is 5.78. The number of hydrogen-bond donors (Lipinski definition) is 0. The monoisotopic (exact) mass is 328 g/mol. The van der Waals surface area contributed by atoms with Gasteiger partial charge in [0.15, 0.2) is 0 Å². The van der Waals surface area contributed by atoms with Crippen molar-refractivity contribution in [2.45, 2.75) is 26.7 Å². The molecule has 4 heteroatoms. The van der Waals surface area contributed by atoms with E-state index in [9.17, 15) is 4.79 Å². The smallest absolute Gasteiger partial charge is 0.254 e. The van der Waals surface area contributed by atoms with Crippen molar-refractivity contribution >= 4 is 28.6 Å². The lowest BCUT2D eigenvalue weighted by atomic mass is 9.98. The first-order valence-corrected chi connectivity index (χ1v) is 9.64. The first-order valence-electron chi connectivity index (χ1n) is 8.24. The molecular formula is C19H24N2OS. The number of piperidine rings is 1. The third kappa shape index (κ3) is 3.52. The quantitative estimate of drug-likeness (QED) is 0.851. The highest BCUT2D eigenvalue weighted by atomic mass is 32.2. The first-order chi connectivity index (χ1) is 11.1. The van der Waals surface area contributed by atoms with Gasteiger partial charge in [0.1, 0.15) is 0 Å². The summed E-state index contributed by atoms with van der Waals surface area (Å²) in [4.78, 5) is 19.7. The number of hydrogen-bond acceptors (Lipinski definition) is 3.